The molecule has 2 aromatic carbocycles. The summed E-state index contributed by atoms with van der Waals surface area (Å²) in [5.74, 6) is 1.03. The van der Waals surface area contributed by atoms with Crippen molar-refractivity contribution in [2.75, 3.05) is 46.9 Å². The number of nitrogens with zero attached hydrogens (tertiary/aromatic N) is 3. The lowest BCUT2D eigenvalue weighted by Crippen LogP contribution is -2.48. The number of aromatic nitrogens is 1. The fourth-order valence-electron chi connectivity index (χ4n) is 4.35. The first-order chi connectivity index (χ1) is 18.9. The largest absolute Gasteiger partial charge is 0.493 e. The molecule has 0 unspecified atom stereocenters. The molecule has 0 aliphatic carbocycles. The molecule has 0 spiro atoms. The Hall–Kier alpha value is -4.11. The Kier molecular flexibility index (Phi) is 9.38. The van der Waals surface area contributed by atoms with Crippen molar-refractivity contribution in [3.05, 3.63) is 83.2 Å². The summed E-state index contributed by atoms with van der Waals surface area (Å²) >= 11 is 0. The second-order valence-electron chi connectivity index (χ2n) is 9.63. The van der Waals surface area contributed by atoms with E-state index >= 15 is 0 Å². The molecule has 1 aliphatic heterocycles. The molecule has 1 saturated heterocycles. The van der Waals surface area contributed by atoms with Crippen molar-refractivity contribution in [3.63, 3.8) is 0 Å². The third-order valence-corrected chi connectivity index (χ3v) is 6.75. The molecule has 39 heavy (non-hydrogen) atoms. The maximum Gasteiger partial charge on any atom is 0.317 e. The van der Waals surface area contributed by atoms with Crippen molar-refractivity contribution in [2.45, 2.75) is 25.9 Å². The monoisotopic (exact) mass is 533 g/mol. The highest BCUT2D eigenvalue weighted by Crippen LogP contribution is 2.35. The lowest BCUT2D eigenvalue weighted by molar-refractivity contribution is -0.138. The van der Waals surface area contributed by atoms with Crippen molar-refractivity contribution >= 4 is 11.9 Å². The lowest BCUT2D eigenvalue weighted by atomic mass is 9.91. The Morgan fingerprint density at radius 1 is 1.03 bits per heavy atom. The number of hydrogen-bond acceptors (Lipinski definition) is 7. The van der Waals surface area contributed by atoms with Gasteiger partial charge < -0.3 is 24.2 Å². The van der Waals surface area contributed by atoms with Gasteiger partial charge in [-0.25, -0.2) is 0 Å². The normalized spacial score (nSPS) is 13.2. The maximum atomic E-state index is 13.0. The molecule has 1 amide bonds. The van der Waals surface area contributed by atoms with Crippen LogP contribution in [0.1, 0.15) is 40.0 Å². The lowest BCUT2D eigenvalue weighted by Gasteiger charge is -2.39. The third-order valence-electron chi connectivity index (χ3n) is 6.75. The van der Waals surface area contributed by atoms with Crippen LogP contribution in [0.4, 0.5) is 0 Å². The van der Waals surface area contributed by atoms with Crippen molar-refractivity contribution in [1.82, 2.24) is 14.8 Å². The smallest absolute Gasteiger partial charge is 0.317 e. The summed E-state index contributed by atoms with van der Waals surface area (Å²) in [5.41, 5.74) is 3.80. The van der Waals surface area contributed by atoms with Gasteiger partial charge in [0.05, 0.1) is 13.7 Å². The number of aliphatic carboxylic acids is 1. The summed E-state index contributed by atoms with van der Waals surface area (Å²) in [6, 6.07) is 17.6. The van der Waals surface area contributed by atoms with E-state index in [1.807, 2.05) is 18.2 Å². The number of amides is 1. The Balaban J connectivity index is 1.29. The quantitative estimate of drug-likeness (QED) is 0.353. The fourth-order valence-corrected chi connectivity index (χ4v) is 4.35. The van der Waals surface area contributed by atoms with Crippen molar-refractivity contribution in [2.24, 2.45) is 0 Å². The maximum absolute atomic E-state index is 13.0. The molecule has 1 aromatic heterocycles. The summed E-state index contributed by atoms with van der Waals surface area (Å²) in [5, 5.41) is 8.84. The van der Waals surface area contributed by atoms with Crippen LogP contribution in [0.2, 0.25) is 0 Å². The van der Waals surface area contributed by atoms with Crippen LogP contribution in [-0.2, 0) is 17.8 Å². The zero-order valence-corrected chi connectivity index (χ0v) is 22.6. The van der Waals surface area contributed by atoms with E-state index in [1.54, 1.807) is 42.3 Å². The van der Waals surface area contributed by atoms with Crippen LogP contribution in [0.25, 0.3) is 0 Å². The van der Waals surface area contributed by atoms with Crippen molar-refractivity contribution in [3.8, 4) is 17.2 Å². The number of ether oxygens (including phenoxy) is 3. The molecule has 0 radical (unpaired) electrons. The standard InChI is InChI=1S/C30H35N3O6/c1-4-21-5-7-22(8-6-21)20-39-27-10-9-23(15-28(27)37-3)24-17-33(18-24)30(36)26-16-25(11-12-31-26)38-14-13-32(2)19-29(34)35/h5-12,15-16,24H,4,13-14,17-20H2,1-3H3,(H,34,35). The number of carbonyl (C=O) groups is 2. The van der Waals surface area contributed by atoms with Gasteiger partial charge in [-0.05, 0) is 48.4 Å². The van der Waals surface area contributed by atoms with E-state index < -0.39 is 5.97 Å². The van der Waals surface area contributed by atoms with Gasteiger partial charge in [0.1, 0.15) is 24.7 Å². The van der Waals surface area contributed by atoms with Gasteiger partial charge >= 0.3 is 5.97 Å². The highest BCUT2D eigenvalue weighted by Gasteiger charge is 2.33. The summed E-state index contributed by atoms with van der Waals surface area (Å²) in [7, 11) is 3.34. The Morgan fingerprint density at radius 2 is 1.77 bits per heavy atom. The van der Waals surface area contributed by atoms with E-state index in [0.29, 0.717) is 55.8 Å². The van der Waals surface area contributed by atoms with E-state index in [-0.39, 0.29) is 18.4 Å². The van der Waals surface area contributed by atoms with E-state index in [0.717, 1.165) is 17.5 Å². The molecule has 2 heterocycles. The zero-order valence-electron chi connectivity index (χ0n) is 22.6. The van der Waals surface area contributed by atoms with Gasteiger partial charge in [-0.3, -0.25) is 19.5 Å². The van der Waals surface area contributed by atoms with Crippen molar-refractivity contribution < 1.29 is 28.9 Å². The SMILES string of the molecule is CCc1ccc(COc2ccc(C3CN(C(=O)c4cc(OCCN(C)CC(=O)O)ccn4)C3)cc2OC)cc1. The van der Waals surface area contributed by atoms with Gasteiger partial charge in [0.15, 0.2) is 11.5 Å². The number of likely N-dealkylation sites (N-methyl/N-ethyl adjacent to an activating group) is 1. The van der Waals surface area contributed by atoms with E-state index in [9.17, 15) is 9.59 Å². The number of carboxylic acid groups (broad SMARTS) is 1. The average Bonchev–Trinajstić information content (AvgIpc) is 2.91. The number of rotatable bonds is 13. The molecule has 206 valence electrons. The molecule has 9 nitrogen and oxygen atoms in total. The Bertz CT molecular complexity index is 1270. The first-order valence-electron chi connectivity index (χ1n) is 13.0. The second-order valence-corrected chi connectivity index (χ2v) is 9.63. The van der Waals surface area contributed by atoms with Crippen LogP contribution in [0.15, 0.2) is 60.8 Å². The first-order valence-corrected chi connectivity index (χ1v) is 13.0. The van der Waals surface area contributed by atoms with E-state index in [2.05, 4.69) is 36.2 Å². The highest BCUT2D eigenvalue weighted by molar-refractivity contribution is 5.93. The number of carbonyl (C=O) groups excluding carboxylic acids is 1. The minimum atomic E-state index is -0.890. The van der Waals surface area contributed by atoms with E-state index in [1.165, 1.54) is 5.56 Å². The van der Waals surface area contributed by atoms with Crippen molar-refractivity contribution in [1.29, 1.82) is 0 Å². The second kappa shape index (κ2) is 13.1. The number of methoxy groups -OCH3 is 1. The molecule has 1 aliphatic rings. The number of hydrogen-bond donors (Lipinski definition) is 1. The molecule has 1 N–H and O–H groups in total. The summed E-state index contributed by atoms with van der Waals surface area (Å²) in [4.78, 5) is 31.4. The van der Waals surface area contributed by atoms with Gasteiger partial charge in [-0.2, -0.15) is 0 Å². The molecule has 1 fully saturated rings. The number of pyridine rings is 1. The van der Waals surface area contributed by atoms with Gasteiger partial charge in [0, 0.05) is 37.8 Å². The van der Waals surface area contributed by atoms with Crippen LogP contribution in [0.3, 0.4) is 0 Å². The van der Waals surface area contributed by atoms with Crippen LogP contribution >= 0.6 is 0 Å². The Morgan fingerprint density at radius 3 is 2.46 bits per heavy atom. The number of carboxylic acids is 1. The topological polar surface area (TPSA) is 101 Å². The molecule has 9 heteroatoms. The molecule has 4 rings (SSSR count). The van der Waals surface area contributed by atoms with Crippen LogP contribution < -0.4 is 14.2 Å². The summed E-state index contributed by atoms with van der Waals surface area (Å²) in [6.07, 6.45) is 2.55. The predicted octanol–water partition coefficient (Wildman–Crippen LogP) is 3.87. The van der Waals surface area contributed by atoms with Crippen LogP contribution in [0, 0.1) is 0 Å². The first kappa shape index (κ1) is 27.9. The predicted molar refractivity (Wildman–Crippen MR) is 147 cm³/mol. The molecule has 3 aromatic rings. The van der Waals surface area contributed by atoms with Gasteiger partial charge in [-0.1, -0.05) is 37.3 Å². The molecule has 0 saturated carbocycles. The molecular formula is C30H35N3O6. The van der Waals surface area contributed by atoms with Gasteiger partial charge in [0.2, 0.25) is 0 Å². The molecule has 0 bridgehead atoms. The fraction of sp³-hybridized carbons (Fsp3) is 0.367. The molecular weight excluding hydrogens is 498 g/mol. The Labute approximate surface area is 228 Å². The third kappa shape index (κ3) is 7.48. The summed E-state index contributed by atoms with van der Waals surface area (Å²) < 4.78 is 17.3. The average molecular weight is 534 g/mol. The van der Waals surface area contributed by atoms with Gasteiger partial charge in [-0.15, -0.1) is 0 Å². The minimum Gasteiger partial charge on any atom is -0.493 e. The van der Waals surface area contributed by atoms with Gasteiger partial charge in [0.25, 0.3) is 5.91 Å². The number of benzene rings is 2. The minimum absolute atomic E-state index is 0.0608. The zero-order chi connectivity index (χ0) is 27.8. The van der Waals surface area contributed by atoms with Crippen LogP contribution in [0.5, 0.6) is 17.2 Å². The number of likely N-dealkylation sites (tertiary alicyclic amines) is 1. The molecule has 0 atom stereocenters. The van der Waals surface area contributed by atoms with Crippen LogP contribution in [-0.4, -0.2) is 78.7 Å². The summed E-state index contributed by atoms with van der Waals surface area (Å²) in [6.45, 7) is 4.45. The highest BCUT2D eigenvalue weighted by atomic mass is 16.5. The number of aryl methyl sites for hydroxylation is 1. The van der Waals surface area contributed by atoms with E-state index in [4.69, 9.17) is 19.3 Å².